The summed E-state index contributed by atoms with van der Waals surface area (Å²) in [6.45, 7) is 4.95. The molecule has 54 heavy (non-hydrogen) atoms. The molecule has 12 heteroatoms. The smallest absolute Gasteiger partial charge is 0.259 e. The number of pyridine rings is 1. The van der Waals surface area contributed by atoms with Crippen molar-refractivity contribution >= 4 is 46.4 Å². The van der Waals surface area contributed by atoms with E-state index in [-0.39, 0.29) is 64.7 Å². The number of anilines is 3. The zero-order chi connectivity index (χ0) is 38.9. The molecule has 1 atom stereocenters. The molecule has 12 nitrogen and oxygen atoms in total. The van der Waals surface area contributed by atoms with Crippen molar-refractivity contribution in [3.05, 3.63) is 142 Å². The Morgan fingerprint density at radius 2 is 1.33 bits per heavy atom. The molecule has 0 radical (unpaired) electrons. The highest BCUT2D eigenvalue weighted by Gasteiger charge is 2.24. The summed E-state index contributed by atoms with van der Waals surface area (Å²) in [7, 11) is 0. The predicted molar refractivity (Wildman–Crippen MR) is 203 cm³/mol. The Kier molecular flexibility index (Phi) is 11.9. The molecule has 0 aliphatic rings. The van der Waals surface area contributed by atoms with Crippen LogP contribution in [-0.2, 0) is 11.2 Å². The second-order valence-electron chi connectivity index (χ2n) is 12.7. The summed E-state index contributed by atoms with van der Waals surface area (Å²) in [5.41, 5.74) is 4.16. The van der Waals surface area contributed by atoms with Crippen LogP contribution < -0.4 is 16.0 Å². The van der Waals surface area contributed by atoms with Crippen LogP contribution in [0, 0.1) is 38.0 Å². The first kappa shape index (κ1) is 38.1. The summed E-state index contributed by atoms with van der Waals surface area (Å²) < 4.78 is 0. The number of phenolic OH excluding ortho intramolecular Hbond substituents is 2. The maximum absolute atomic E-state index is 13.1. The van der Waals surface area contributed by atoms with Gasteiger partial charge in [-0.3, -0.25) is 29.0 Å². The third kappa shape index (κ3) is 9.02. The molecule has 0 saturated carbocycles. The third-order valence-electron chi connectivity index (χ3n) is 8.98. The van der Waals surface area contributed by atoms with Gasteiger partial charge in [-0.25, -0.2) is 0 Å². The number of aryl methyl sites for hydroxylation is 1. The van der Waals surface area contributed by atoms with Gasteiger partial charge in [0.15, 0.2) is 11.6 Å². The largest absolute Gasteiger partial charge is 0.507 e. The minimum atomic E-state index is -0.939. The molecule has 1 aromatic heterocycles. The van der Waals surface area contributed by atoms with Crippen molar-refractivity contribution in [2.75, 3.05) is 16.0 Å². The number of nitrogens with one attached hydrogen (secondary N) is 3. The Bertz CT molecular complexity index is 2280. The number of phenols is 2. The average Bonchev–Trinajstić information content (AvgIpc) is 3.17. The molecule has 0 bridgehead atoms. The number of hydrogen-bond donors (Lipinski definition) is 5. The minimum Gasteiger partial charge on any atom is -0.507 e. The maximum atomic E-state index is 13.1. The Morgan fingerprint density at radius 3 is 1.98 bits per heavy atom. The van der Waals surface area contributed by atoms with Gasteiger partial charge < -0.3 is 26.2 Å². The van der Waals surface area contributed by atoms with E-state index in [0.29, 0.717) is 39.2 Å². The number of aromatic hydroxyl groups is 2. The van der Waals surface area contributed by atoms with Gasteiger partial charge in [0.2, 0.25) is 5.91 Å². The minimum absolute atomic E-state index is 0.0234. The van der Waals surface area contributed by atoms with Gasteiger partial charge in [0, 0.05) is 76.5 Å². The second kappa shape index (κ2) is 16.9. The lowest BCUT2D eigenvalue weighted by Gasteiger charge is -2.15. The molecule has 1 heterocycles. The highest BCUT2D eigenvalue weighted by Crippen LogP contribution is 2.32. The van der Waals surface area contributed by atoms with Gasteiger partial charge in [-0.1, -0.05) is 30.3 Å². The Labute approximate surface area is 311 Å². The summed E-state index contributed by atoms with van der Waals surface area (Å²) in [5, 5.41) is 38.5. The van der Waals surface area contributed by atoms with Crippen molar-refractivity contribution in [2.45, 2.75) is 40.0 Å². The summed E-state index contributed by atoms with van der Waals surface area (Å²) >= 11 is 0. The van der Waals surface area contributed by atoms with Crippen molar-refractivity contribution < 1.29 is 34.2 Å². The number of rotatable bonds is 13. The van der Waals surface area contributed by atoms with Gasteiger partial charge in [-0.2, -0.15) is 5.26 Å². The number of benzene rings is 4. The molecule has 5 N–H and O–H groups in total. The van der Waals surface area contributed by atoms with Crippen LogP contribution in [0.4, 0.5) is 17.1 Å². The van der Waals surface area contributed by atoms with Crippen LogP contribution in [0.25, 0.3) is 0 Å². The number of amides is 3. The fraction of sp³-hybridized carbons (Fsp3) is 0.167. The van der Waals surface area contributed by atoms with Crippen molar-refractivity contribution in [2.24, 2.45) is 5.92 Å². The SMILES string of the molecule is Cc1ccc(NC(=O)c2ccc(NC(=O)c3ccc(NC(=O)C(CC#N)CC(=O)c4ccc(CC(=O)c5cccnc5)cc4)cc3)c(C)c2O)c(C)c1O. The van der Waals surface area contributed by atoms with Crippen LogP contribution in [0.1, 0.15) is 76.5 Å². The van der Waals surface area contributed by atoms with Gasteiger partial charge in [0.1, 0.15) is 11.5 Å². The van der Waals surface area contributed by atoms with Crippen LogP contribution in [0.3, 0.4) is 0 Å². The van der Waals surface area contributed by atoms with Crippen molar-refractivity contribution in [3.63, 3.8) is 0 Å². The van der Waals surface area contributed by atoms with E-state index in [1.807, 2.05) is 6.07 Å². The number of nitrogens with zero attached hydrogens (tertiary/aromatic N) is 2. The first-order chi connectivity index (χ1) is 25.9. The summed E-state index contributed by atoms with van der Waals surface area (Å²) in [6, 6.07) is 24.0. The van der Waals surface area contributed by atoms with Gasteiger partial charge in [0.05, 0.1) is 17.6 Å². The van der Waals surface area contributed by atoms with Crippen LogP contribution in [0.15, 0.2) is 97.3 Å². The first-order valence-corrected chi connectivity index (χ1v) is 16.9. The lowest BCUT2D eigenvalue weighted by atomic mass is 9.94. The van der Waals surface area contributed by atoms with E-state index in [1.54, 1.807) is 75.5 Å². The third-order valence-corrected chi connectivity index (χ3v) is 8.98. The number of carbonyl (C=O) groups excluding carboxylic acids is 5. The maximum Gasteiger partial charge on any atom is 0.259 e. The quantitative estimate of drug-likeness (QED) is 0.0787. The van der Waals surface area contributed by atoms with Crippen molar-refractivity contribution in [1.82, 2.24) is 4.98 Å². The highest BCUT2D eigenvalue weighted by atomic mass is 16.3. The van der Waals surface area contributed by atoms with E-state index < -0.39 is 23.6 Å². The molecule has 5 rings (SSSR count). The second-order valence-corrected chi connectivity index (χ2v) is 12.7. The molecule has 272 valence electrons. The van der Waals surface area contributed by atoms with E-state index in [9.17, 15) is 39.4 Å². The molecular formula is C42H37N5O7. The Morgan fingerprint density at radius 1 is 0.704 bits per heavy atom. The summed E-state index contributed by atoms with van der Waals surface area (Å²) in [5.74, 6) is -3.30. The van der Waals surface area contributed by atoms with Crippen LogP contribution in [0.2, 0.25) is 0 Å². The average molecular weight is 724 g/mol. The standard InChI is InChI=1S/C42H37N5O7/c1-24-6-16-34(25(2)38(24)50)47-42(54)33-15-17-35(26(3)39(33)51)46-40(52)29-11-13-32(14-12-29)45-41(53)30(18-19-43)22-37(49)28-9-7-27(8-10-28)21-36(48)31-5-4-20-44-23-31/h4-17,20,23,30,50-51H,18,21-22H2,1-3H3,(H,45,53)(H,46,52)(H,47,54). The molecule has 5 aromatic rings. The number of aromatic nitrogens is 1. The van der Waals surface area contributed by atoms with Gasteiger partial charge in [-0.05, 0) is 86.5 Å². The lowest BCUT2D eigenvalue weighted by Crippen LogP contribution is -2.25. The normalized spacial score (nSPS) is 11.1. The molecule has 0 spiro atoms. The molecule has 4 aromatic carbocycles. The van der Waals surface area contributed by atoms with Gasteiger partial charge in [-0.15, -0.1) is 0 Å². The summed E-state index contributed by atoms with van der Waals surface area (Å²) in [6.07, 6.45) is 2.81. The predicted octanol–water partition coefficient (Wildman–Crippen LogP) is 7.09. The Hall–Kier alpha value is -7.13. The lowest BCUT2D eigenvalue weighted by molar-refractivity contribution is -0.119. The Balaban J connectivity index is 1.17. The number of hydrogen-bond acceptors (Lipinski definition) is 9. The van der Waals surface area contributed by atoms with E-state index in [1.165, 1.54) is 42.6 Å². The van der Waals surface area contributed by atoms with E-state index in [0.717, 1.165) is 0 Å². The molecule has 1 unspecified atom stereocenters. The monoisotopic (exact) mass is 723 g/mol. The molecule has 0 aliphatic carbocycles. The van der Waals surface area contributed by atoms with Crippen molar-refractivity contribution in [3.8, 4) is 17.6 Å². The first-order valence-electron chi connectivity index (χ1n) is 16.9. The van der Waals surface area contributed by atoms with Crippen molar-refractivity contribution in [1.29, 1.82) is 5.26 Å². The highest BCUT2D eigenvalue weighted by molar-refractivity contribution is 6.09. The molecule has 0 fully saturated rings. The number of nitriles is 1. The zero-order valence-electron chi connectivity index (χ0n) is 29.8. The van der Waals surface area contributed by atoms with Crippen LogP contribution in [0.5, 0.6) is 11.5 Å². The van der Waals surface area contributed by atoms with E-state index in [4.69, 9.17) is 0 Å². The molecular weight excluding hydrogens is 686 g/mol. The number of Topliss-reactive ketones (excluding diaryl/α,β-unsaturated/α-hetero) is 2. The zero-order valence-corrected chi connectivity index (χ0v) is 29.8. The van der Waals surface area contributed by atoms with E-state index >= 15 is 0 Å². The number of carbonyl (C=O) groups is 5. The van der Waals surface area contributed by atoms with Gasteiger partial charge >= 0.3 is 0 Å². The molecule has 3 amide bonds. The topological polar surface area (TPSA) is 199 Å². The van der Waals surface area contributed by atoms with Crippen LogP contribution in [-0.4, -0.2) is 44.5 Å². The fourth-order valence-electron chi connectivity index (χ4n) is 5.66. The number of ketones is 2. The molecule has 0 aliphatic heterocycles. The summed E-state index contributed by atoms with van der Waals surface area (Å²) in [4.78, 5) is 68.7. The molecule has 0 saturated heterocycles. The van der Waals surface area contributed by atoms with Gasteiger partial charge in [0.25, 0.3) is 11.8 Å². The fourth-order valence-corrected chi connectivity index (χ4v) is 5.66. The van der Waals surface area contributed by atoms with Crippen LogP contribution >= 0.6 is 0 Å². The van der Waals surface area contributed by atoms with E-state index in [2.05, 4.69) is 20.9 Å².